The van der Waals surface area contributed by atoms with E-state index in [1.807, 2.05) is 12.1 Å². The van der Waals surface area contributed by atoms with Crippen LogP contribution in [0.3, 0.4) is 0 Å². The number of piperidine rings is 1. The minimum absolute atomic E-state index is 0.168. The number of nitrogens with zero attached hydrogens (tertiary/aromatic N) is 3. The van der Waals surface area contributed by atoms with Crippen LogP contribution in [0.4, 0.5) is 0 Å². The van der Waals surface area contributed by atoms with Crippen molar-refractivity contribution < 1.29 is 14.3 Å². The van der Waals surface area contributed by atoms with Crippen LogP contribution in [0.25, 0.3) is 0 Å². The van der Waals surface area contributed by atoms with Gasteiger partial charge in [0.15, 0.2) is 5.76 Å². The first kappa shape index (κ1) is 16.3. The predicted octanol–water partition coefficient (Wildman–Crippen LogP) is 2.00. The van der Waals surface area contributed by atoms with Crippen LogP contribution in [0, 0.1) is 0 Å². The molecule has 2 aliphatic heterocycles. The number of β-amino-alcohol motifs (C(OH)–C–C–N with tert-alkyl or cyclic N) is 1. The monoisotopic (exact) mass is 341 g/mol. The molecular weight excluding hydrogens is 318 g/mol. The summed E-state index contributed by atoms with van der Waals surface area (Å²) in [5, 5.41) is 10.6. The largest absolute Gasteiger partial charge is 0.455 e. The Labute approximate surface area is 147 Å². The SMILES string of the molecule is O=C(c1ccc(CN2CCCCC2)o1)N1CC(O)(c2cccnc2)C1. The summed E-state index contributed by atoms with van der Waals surface area (Å²) in [5.74, 6) is 1.01. The van der Waals surface area contributed by atoms with Crippen LogP contribution in [0.2, 0.25) is 0 Å². The van der Waals surface area contributed by atoms with Crippen LogP contribution in [0.15, 0.2) is 41.1 Å². The molecule has 0 spiro atoms. The van der Waals surface area contributed by atoms with Crippen LogP contribution in [0.5, 0.6) is 0 Å². The average molecular weight is 341 g/mol. The van der Waals surface area contributed by atoms with Gasteiger partial charge >= 0.3 is 0 Å². The van der Waals surface area contributed by atoms with Crippen LogP contribution in [-0.4, -0.2) is 52.0 Å². The molecule has 0 aliphatic carbocycles. The van der Waals surface area contributed by atoms with E-state index in [-0.39, 0.29) is 19.0 Å². The fourth-order valence-corrected chi connectivity index (χ4v) is 3.62. The van der Waals surface area contributed by atoms with Crippen LogP contribution in [-0.2, 0) is 12.1 Å². The Morgan fingerprint density at radius 3 is 2.72 bits per heavy atom. The quantitative estimate of drug-likeness (QED) is 0.921. The van der Waals surface area contributed by atoms with E-state index in [1.165, 1.54) is 19.3 Å². The van der Waals surface area contributed by atoms with E-state index in [4.69, 9.17) is 4.42 Å². The zero-order chi connectivity index (χ0) is 17.3. The number of carbonyl (C=O) groups excluding carboxylic acids is 1. The lowest BCUT2D eigenvalue weighted by molar-refractivity contribution is -0.0874. The maximum Gasteiger partial charge on any atom is 0.289 e. The second kappa shape index (κ2) is 6.61. The summed E-state index contributed by atoms with van der Waals surface area (Å²) in [6.45, 7) is 3.47. The average Bonchev–Trinajstić information content (AvgIpc) is 3.08. The predicted molar refractivity (Wildman–Crippen MR) is 91.9 cm³/mol. The second-order valence-corrected chi connectivity index (χ2v) is 7.04. The van der Waals surface area contributed by atoms with Crippen molar-refractivity contribution >= 4 is 5.91 Å². The number of rotatable bonds is 4. The Balaban J connectivity index is 1.36. The maximum absolute atomic E-state index is 12.5. The summed E-state index contributed by atoms with van der Waals surface area (Å²) >= 11 is 0. The molecular formula is C19H23N3O3. The number of hydrogen-bond donors (Lipinski definition) is 1. The van der Waals surface area contributed by atoms with Crippen molar-refractivity contribution in [2.24, 2.45) is 0 Å². The number of aliphatic hydroxyl groups is 1. The Morgan fingerprint density at radius 1 is 1.20 bits per heavy atom. The van der Waals surface area contributed by atoms with Gasteiger partial charge in [0.05, 0.1) is 19.6 Å². The van der Waals surface area contributed by atoms with E-state index >= 15 is 0 Å². The van der Waals surface area contributed by atoms with Gasteiger partial charge in [0.25, 0.3) is 5.91 Å². The number of furan rings is 1. The molecule has 0 unspecified atom stereocenters. The lowest BCUT2D eigenvalue weighted by Crippen LogP contribution is -2.61. The van der Waals surface area contributed by atoms with Crippen LogP contribution in [0.1, 0.15) is 41.1 Å². The summed E-state index contributed by atoms with van der Waals surface area (Å²) in [4.78, 5) is 20.5. The van der Waals surface area contributed by atoms with Crippen molar-refractivity contribution in [3.63, 3.8) is 0 Å². The van der Waals surface area contributed by atoms with Gasteiger partial charge in [0.1, 0.15) is 11.4 Å². The fourth-order valence-electron chi connectivity index (χ4n) is 3.62. The highest BCUT2D eigenvalue weighted by molar-refractivity contribution is 5.92. The molecule has 1 amide bonds. The van der Waals surface area contributed by atoms with E-state index in [0.717, 1.165) is 31.0 Å². The summed E-state index contributed by atoms with van der Waals surface area (Å²) < 4.78 is 5.75. The van der Waals surface area contributed by atoms with Gasteiger partial charge in [0.2, 0.25) is 0 Å². The van der Waals surface area contributed by atoms with E-state index in [9.17, 15) is 9.90 Å². The number of aromatic nitrogens is 1. The molecule has 2 aromatic rings. The third-order valence-corrected chi connectivity index (χ3v) is 5.09. The first-order valence-corrected chi connectivity index (χ1v) is 8.87. The van der Waals surface area contributed by atoms with Gasteiger partial charge in [-0.2, -0.15) is 0 Å². The molecule has 132 valence electrons. The zero-order valence-electron chi connectivity index (χ0n) is 14.2. The zero-order valence-corrected chi connectivity index (χ0v) is 14.2. The van der Waals surface area contributed by atoms with Gasteiger partial charge in [-0.15, -0.1) is 0 Å². The van der Waals surface area contributed by atoms with Crippen molar-refractivity contribution in [1.29, 1.82) is 0 Å². The van der Waals surface area contributed by atoms with Crippen molar-refractivity contribution in [1.82, 2.24) is 14.8 Å². The van der Waals surface area contributed by atoms with Gasteiger partial charge in [-0.3, -0.25) is 14.7 Å². The Morgan fingerprint density at radius 2 is 2.00 bits per heavy atom. The normalized spacial score (nSPS) is 20.3. The van der Waals surface area contributed by atoms with Crippen molar-refractivity contribution in [2.75, 3.05) is 26.2 Å². The second-order valence-electron chi connectivity index (χ2n) is 7.04. The number of pyridine rings is 1. The standard InChI is InChI=1S/C19H23N3O3/c23-18(22-13-19(24,14-22)15-5-4-8-20-11-15)17-7-6-16(25-17)12-21-9-2-1-3-10-21/h4-8,11,24H,1-3,9-10,12-14H2. The van der Waals surface area contributed by atoms with Crippen LogP contribution < -0.4 is 0 Å². The highest BCUT2D eigenvalue weighted by Crippen LogP contribution is 2.32. The Hall–Kier alpha value is -2.18. The van der Waals surface area contributed by atoms with E-state index in [0.29, 0.717) is 5.76 Å². The highest BCUT2D eigenvalue weighted by Gasteiger charge is 2.45. The van der Waals surface area contributed by atoms with Crippen molar-refractivity contribution in [3.8, 4) is 0 Å². The van der Waals surface area contributed by atoms with Gasteiger partial charge in [-0.05, 0) is 44.1 Å². The molecule has 4 rings (SSSR count). The van der Waals surface area contributed by atoms with E-state index < -0.39 is 5.60 Å². The molecule has 6 nitrogen and oxygen atoms in total. The third-order valence-electron chi connectivity index (χ3n) is 5.09. The van der Waals surface area contributed by atoms with E-state index in [2.05, 4.69) is 9.88 Å². The van der Waals surface area contributed by atoms with Crippen LogP contribution >= 0.6 is 0 Å². The smallest absolute Gasteiger partial charge is 0.289 e. The van der Waals surface area contributed by atoms with Crippen molar-refractivity contribution in [3.05, 3.63) is 53.7 Å². The molecule has 2 fully saturated rings. The molecule has 25 heavy (non-hydrogen) atoms. The Kier molecular flexibility index (Phi) is 4.31. The molecule has 2 aromatic heterocycles. The number of carbonyl (C=O) groups is 1. The summed E-state index contributed by atoms with van der Waals surface area (Å²) in [6.07, 6.45) is 7.07. The fraction of sp³-hybridized carbons (Fsp3) is 0.474. The summed E-state index contributed by atoms with van der Waals surface area (Å²) in [6, 6.07) is 7.24. The minimum Gasteiger partial charge on any atom is -0.455 e. The minimum atomic E-state index is -1.01. The van der Waals surface area contributed by atoms with Gasteiger partial charge in [-0.25, -0.2) is 0 Å². The molecule has 4 heterocycles. The molecule has 0 bridgehead atoms. The number of hydrogen-bond acceptors (Lipinski definition) is 5. The Bertz CT molecular complexity index is 731. The van der Waals surface area contributed by atoms with Gasteiger partial charge in [0, 0.05) is 18.0 Å². The summed E-state index contributed by atoms with van der Waals surface area (Å²) in [7, 11) is 0. The molecule has 2 saturated heterocycles. The molecule has 0 atom stereocenters. The lowest BCUT2D eigenvalue weighted by Gasteiger charge is -2.46. The number of amides is 1. The molecule has 1 N–H and O–H groups in total. The highest BCUT2D eigenvalue weighted by atomic mass is 16.4. The third kappa shape index (κ3) is 3.32. The first-order valence-electron chi connectivity index (χ1n) is 8.87. The molecule has 2 aliphatic rings. The first-order chi connectivity index (χ1) is 12.1. The lowest BCUT2D eigenvalue weighted by atomic mass is 9.87. The molecule has 6 heteroatoms. The van der Waals surface area contributed by atoms with Gasteiger partial charge < -0.3 is 14.4 Å². The van der Waals surface area contributed by atoms with E-state index in [1.54, 1.807) is 29.4 Å². The van der Waals surface area contributed by atoms with Gasteiger partial charge in [-0.1, -0.05) is 12.5 Å². The molecule has 0 radical (unpaired) electrons. The topological polar surface area (TPSA) is 69.8 Å². The maximum atomic E-state index is 12.5. The summed E-state index contributed by atoms with van der Waals surface area (Å²) in [5.41, 5.74) is -0.267. The number of likely N-dealkylation sites (tertiary alicyclic amines) is 2. The molecule has 0 aromatic carbocycles. The van der Waals surface area contributed by atoms with Crippen molar-refractivity contribution in [2.45, 2.75) is 31.4 Å². The molecule has 0 saturated carbocycles.